The van der Waals surface area contributed by atoms with Crippen LogP contribution in [0.4, 0.5) is 13.2 Å². The van der Waals surface area contributed by atoms with E-state index in [0.29, 0.717) is 18.6 Å². The average molecular weight is 543 g/mol. The number of ether oxygens (including phenoxy) is 1. The lowest BCUT2D eigenvalue weighted by Gasteiger charge is -2.35. The molecule has 1 fully saturated rings. The van der Waals surface area contributed by atoms with Gasteiger partial charge in [0.1, 0.15) is 5.75 Å². The van der Waals surface area contributed by atoms with E-state index >= 15 is 13.2 Å². The zero-order valence-electron chi connectivity index (χ0n) is 22.3. The maximum absolute atomic E-state index is 15.2. The number of amides is 2. The van der Waals surface area contributed by atoms with Gasteiger partial charge in [0.15, 0.2) is 5.78 Å². The molecule has 0 unspecified atom stereocenters. The quantitative estimate of drug-likeness (QED) is 0.333. The highest BCUT2D eigenvalue weighted by molar-refractivity contribution is 6.19. The monoisotopic (exact) mass is 542 g/mol. The molecule has 1 N–H and O–H groups in total. The van der Waals surface area contributed by atoms with E-state index in [0.717, 1.165) is 30.6 Å². The number of allylic oxidation sites excluding steroid dienone is 1. The van der Waals surface area contributed by atoms with Crippen molar-refractivity contribution < 1.29 is 32.3 Å². The largest absolute Gasteiger partial charge is 0.491 e. The van der Waals surface area contributed by atoms with Gasteiger partial charge in [0, 0.05) is 22.9 Å². The Morgan fingerprint density at radius 2 is 1.54 bits per heavy atom. The van der Waals surface area contributed by atoms with Gasteiger partial charge in [-0.2, -0.15) is 13.2 Å². The third-order valence-electron chi connectivity index (χ3n) is 7.31. The second-order valence-corrected chi connectivity index (χ2v) is 10.4. The van der Waals surface area contributed by atoms with Crippen molar-refractivity contribution in [1.29, 1.82) is 0 Å². The molecule has 0 saturated heterocycles. The minimum absolute atomic E-state index is 0.000396. The van der Waals surface area contributed by atoms with Gasteiger partial charge in [0.2, 0.25) is 5.54 Å². The van der Waals surface area contributed by atoms with Crippen LogP contribution in [0.25, 0.3) is 0 Å². The van der Waals surface area contributed by atoms with Gasteiger partial charge in [-0.05, 0) is 57.9 Å². The molecule has 2 amide bonds. The van der Waals surface area contributed by atoms with Crippen LogP contribution < -0.4 is 10.1 Å². The predicted octanol–water partition coefficient (Wildman–Crippen LogP) is 6.23. The number of carbonyl (C=O) groups excluding carboxylic acids is 3. The second-order valence-electron chi connectivity index (χ2n) is 10.4. The van der Waals surface area contributed by atoms with Crippen molar-refractivity contribution in [2.45, 2.75) is 83.2 Å². The van der Waals surface area contributed by atoms with Crippen LogP contribution >= 0.6 is 0 Å². The minimum Gasteiger partial charge on any atom is -0.491 e. The summed E-state index contributed by atoms with van der Waals surface area (Å²) in [5.41, 5.74) is -4.46. The van der Waals surface area contributed by atoms with Crippen molar-refractivity contribution in [1.82, 2.24) is 10.2 Å². The van der Waals surface area contributed by atoms with Gasteiger partial charge in [0.05, 0.1) is 11.7 Å². The first kappa shape index (κ1) is 28.4. The third kappa shape index (κ3) is 5.44. The van der Waals surface area contributed by atoms with Crippen molar-refractivity contribution in [2.24, 2.45) is 0 Å². The van der Waals surface area contributed by atoms with E-state index in [1.54, 1.807) is 6.07 Å². The van der Waals surface area contributed by atoms with Crippen LogP contribution in [0.15, 0.2) is 65.9 Å². The number of alkyl halides is 3. The highest BCUT2D eigenvalue weighted by Gasteiger charge is 2.70. The van der Waals surface area contributed by atoms with E-state index < -0.39 is 40.9 Å². The first-order valence-electron chi connectivity index (χ1n) is 13.3. The summed E-state index contributed by atoms with van der Waals surface area (Å²) < 4.78 is 51.2. The summed E-state index contributed by atoms with van der Waals surface area (Å²) in [6, 6.07) is 12.6. The number of hydrogen-bond donors (Lipinski definition) is 1. The van der Waals surface area contributed by atoms with Gasteiger partial charge in [-0.25, -0.2) is 0 Å². The summed E-state index contributed by atoms with van der Waals surface area (Å²) in [7, 11) is 0. The van der Waals surface area contributed by atoms with Gasteiger partial charge in [-0.3, -0.25) is 14.4 Å². The Morgan fingerprint density at radius 3 is 2.08 bits per heavy atom. The molecule has 1 saturated carbocycles. The molecule has 9 heteroatoms. The predicted molar refractivity (Wildman–Crippen MR) is 140 cm³/mol. The highest BCUT2D eigenvalue weighted by Crippen LogP contribution is 2.47. The maximum Gasteiger partial charge on any atom is 0.425 e. The van der Waals surface area contributed by atoms with Gasteiger partial charge in [-0.1, -0.05) is 56.0 Å². The number of benzene rings is 2. The van der Waals surface area contributed by atoms with E-state index in [2.05, 4.69) is 0 Å². The molecule has 4 rings (SSSR count). The van der Waals surface area contributed by atoms with E-state index in [4.69, 9.17) is 4.74 Å². The van der Waals surface area contributed by atoms with E-state index in [-0.39, 0.29) is 22.9 Å². The smallest absolute Gasteiger partial charge is 0.425 e. The van der Waals surface area contributed by atoms with Crippen molar-refractivity contribution in [2.75, 3.05) is 0 Å². The maximum atomic E-state index is 15.2. The fourth-order valence-corrected chi connectivity index (χ4v) is 5.51. The van der Waals surface area contributed by atoms with Gasteiger partial charge in [-0.15, -0.1) is 0 Å². The third-order valence-corrected chi connectivity index (χ3v) is 7.31. The van der Waals surface area contributed by atoms with Crippen LogP contribution in [0.5, 0.6) is 5.75 Å². The lowest BCUT2D eigenvalue weighted by molar-refractivity contribution is -0.190. The minimum atomic E-state index is -5.29. The molecule has 0 aromatic heterocycles. The molecule has 2 aromatic carbocycles. The Balaban J connectivity index is 1.82. The topological polar surface area (TPSA) is 75.7 Å². The Morgan fingerprint density at radius 1 is 0.949 bits per heavy atom. The van der Waals surface area contributed by atoms with Gasteiger partial charge >= 0.3 is 6.18 Å². The number of nitrogens with zero attached hydrogens (tertiary/aromatic N) is 1. The van der Waals surface area contributed by atoms with Crippen LogP contribution in [0.2, 0.25) is 0 Å². The Hall–Kier alpha value is -3.62. The van der Waals surface area contributed by atoms with Crippen LogP contribution in [0.3, 0.4) is 0 Å². The van der Waals surface area contributed by atoms with Crippen molar-refractivity contribution in [3.63, 3.8) is 0 Å². The number of nitrogens with one attached hydrogen (secondary N) is 1. The van der Waals surface area contributed by atoms with E-state index in [1.807, 2.05) is 19.2 Å². The molecule has 39 heavy (non-hydrogen) atoms. The fourth-order valence-electron chi connectivity index (χ4n) is 5.51. The summed E-state index contributed by atoms with van der Waals surface area (Å²) in [6.07, 6.45) is -1.00. The lowest BCUT2D eigenvalue weighted by Crippen LogP contribution is -2.66. The van der Waals surface area contributed by atoms with E-state index in [1.165, 1.54) is 55.5 Å². The molecule has 1 aliphatic carbocycles. The fraction of sp³-hybridized carbons (Fsp3) is 0.433. The molecule has 2 aromatic rings. The summed E-state index contributed by atoms with van der Waals surface area (Å²) in [4.78, 5) is 42.1. The normalized spacial score (nSPS) is 20.8. The van der Waals surface area contributed by atoms with Crippen LogP contribution in [-0.4, -0.2) is 46.4 Å². The summed E-state index contributed by atoms with van der Waals surface area (Å²) in [6.45, 7) is 5.01. The molecule has 1 heterocycles. The Kier molecular flexibility index (Phi) is 8.18. The SMILES string of the molecule is CC1=C(C(=O)c2ccccc2)[C@](NC(=O)c2ccc(OC(C)C)cc2)(C(F)(F)F)C(=O)N1C1CCCCCC1. The molecule has 0 bridgehead atoms. The van der Waals surface area contributed by atoms with Gasteiger partial charge < -0.3 is 15.0 Å². The molecule has 0 spiro atoms. The first-order valence-corrected chi connectivity index (χ1v) is 13.3. The number of halogens is 3. The van der Waals surface area contributed by atoms with Crippen molar-refractivity contribution in [3.8, 4) is 5.75 Å². The molecular formula is C30H33F3N2O4. The molecular weight excluding hydrogens is 509 g/mol. The highest BCUT2D eigenvalue weighted by atomic mass is 19.4. The van der Waals surface area contributed by atoms with Crippen LogP contribution in [0.1, 0.15) is 80.0 Å². The summed E-state index contributed by atoms with van der Waals surface area (Å²) in [5, 5.41) is 2.00. The number of Topliss-reactive ketones (excluding diaryl/α,β-unsaturated/α-hetero) is 1. The molecule has 1 aliphatic heterocycles. The number of hydrogen-bond acceptors (Lipinski definition) is 4. The van der Waals surface area contributed by atoms with Crippen LogP contribution in [-0.2, 0) is 4.79 Å². The number of rotatable bonds is 7. The summed E-state index contributed by atoms with van der Waals surface area (Å²) in [5.74, 6) is -2.97. The molecule has 2 aliphatic rings. The Labute approximate surface area is 226 Å². The molecule has 0 radical (unpaired) electrons. The summed E-state index contributed by atoms with van der Waals surface area (Å²) >= 11 is 0. The molecule has 208 valence electrons. The molecule has 6 nitrogen and oxygen atoms in total. The average Bonchev–Trinajstić information content (AvgIpc) is 3.05. The zero-order chi connectivity index (χ0) is 28.4. The van der Waals surface area contributed by atoms with Crippen LogP contribution in [0, 0.1) is 0 Å². The Bertz CT molecular complexity index is 1250. The number of ketones is 1. The van der Waals surface area contributed by atoms with Crippen molar-refractivity contribution >= 4 is 17.6 Å². The molecule has 1 atom stereocenters. The number of carbonyl (C=O) groups is 3. The lowest BCUT2D eigenvalue weighted by atomic mass is 9.84. The van der Waals surface area contributed by atoms with E-state index in [9.17, 15) is 14.4 Å². The van der Waals surface area contributed by atoms with Crippen molar-refractivity contribution in [3.05, 3.63) is 77.0 Å². The zero-order valence-corrected chi connectivity index (χ0v) is 22.3. The second kappa shape index (κ2) is 11.2. The standard InChI is InChI=1S/C30H33F3N2O4/c1-19(2)39-24-17-15-22(16-18-24)27(37)34-29(30(31,32)33)25(26(36)21-11-7-6-8-12-21)20(3)35(28(29)38)23-13-9-4-5-10-14-23/h6-8,11-12,15-19,23H,4-5,9-10,13-14H2,1-3H3,(H,34,37)/t29-/m1/s1. The van der Waals surface area contributed by atoms with Gasteiger partial charge in [0.25, 0.3) is 11.8 Å². The first-order chi connectivity index (χ1) is 18.5.